The minimum absolute atomic E-state index is 0.343. The summed E-state index contributed by atoms with van der Waals surface area (Å²) in [5, 5.41) is 0. The molecule has 0 saturated carbocycles. The van der Waals surface area contributed by atoms with Crippen LogP contribution in [0.5, 0.6) is 0 Å². The Bertz CT molecular complexity index is 778. The molecule has 0 atom stereocenters. The quantitative estimate of drug-likeness (QED) is 0.660. The highest BCUT2D eigenvalue weighted by atomic mass is 32.2. The molecule has 24 heavy (non-hydrogen) atoms. The van der Waals surface area contributed by atoms with Crippen LogP contribution in [0.1, 0.15) is 26.3 Å². The highest BCUT2D eigenvalue weighted by Crippen LogP contribution is 2.34. The molecule has 0 aliphatic carbocycles. The number of hydrogen-bond acceptors (Lipinski definition) is 3. The average Bonchev–Trinajstić information content (AvgIpc) is 2.61. The van der Waals surface area contributed by atoms with Crippen molar-refractivity contribution in [1.29, 1.82) is 0 Å². The standard InChI is InChI=1S/C19H23NO2S2/c1-4-19(23-17-10-8-7-9-11-17)16-12-14-18(15-13-16)24(21,22)20(5-2)6-3/h4,7-15H,5-6H2,1-3H3/b19-4-. The van der Waals surface area contributed by atoms with Crippen LogP contribution in [0.4, 0.5) is 0 Å². The minimum atomic E-state index is -3.40. The highest BCUT2D eigenvalue weighted by molar-refractivity contribution is 8.08. The number of thioether (sulfide) groups is 1. The summed E-state index contributed by atoms with van der Waals surface area (Å²) in [6, 6.07) is 17.3. The first-order chi connectivity index (χ1) is 11.5. The summed E-state index contributed by atoms with van der Waals surface area (Å²) in [6.45, 7) is 6.65. The molecule has 0 aliphatic heterocycles. The smallest absolute Gasteiger partial charge is 0.207 e. The maximum atomic E-state index is 12.5. The second-order valence-electron chi connectivity index (χ2n) is 5.18. The first-order valence-electron chi connectivity index (χ1n) is 8.02. The molecule has 0 saturated heterocycles. The van der Waals surface area contributed by atoms with Crippen molar-refractivity contribution < 1.29 is 8.42 Å². The van der Waals surface area contributed by atoms with Gasteiger partial charge in [0.05, 0.1) is 4.90 Å². The monoisotopic (exact) mass is 361 g/mol. The van der Waals surface area contributed by atoms with E-state index < -0.39 is 10.0 Å². The Kier molecular flexibility index (Phi) is 6.66. The van der Waals surface area contributed by atoms with Crippen molar-refractivity contribution in [3.8, 4) is 0 Å². The third-order valence-corrected chi connectivity index (χ3v) is 6.98. The number of allylic oxidation sites excluding steroid dienone is 1. The summed E-state index contributed by atoms with van der Waals surface area (Å²) < 4.78 is 26.6. The molecule has 0 fully saturated rings. The Morgan fingerprint density at radius 3 is 2.08 bits per heavy atom. The summed E-state index contributed by atoms with van der Waals surface area (Å²) in [5.41, 5.74) is 1.02. The number of nitrogens with zero attached hydrogens (tertiary/aromatic N) is 1. The Hall–Kier alpha value is -1.56. The van der Waals surface area contributed by atoms with Gasteiger partial charge in [-0.3, -0.25) is 0 Å². The Morgan fingerprint density at radius 2 is 1.58 bits per heavy atom. The van der Waals surface area contributed by atoms with E-state index in [1.54, 1.807) is 23.9 Å². The van der Waals surface area contributed by atoms with E-state index in [9.17, 15) is 8.42 Å². The van der Waals surface area contributed by atoms with Crippen molar-refractivity contribution in [2.24, 2.45) is 0 Å². The van der Waals surface area contributed by atoms with Gasteiger partial charge in [-0.25, -0.2) is 8.42 Å². The van der Waals surface area contributed by atoms with Crippen LogP contribution in [-0.2, 0) is 10.0 Å². The van der Waals surface area contributed by atoms with Crippen LogP contribution in [0.3, 0.4) is 0 Å². The largest absolute Gasteiger partial charge is 0.243 e. The summed E-state index contributed by atoms with van der Waals surface area (Å²) >= 11 is 1.67. The molecule has 128 valence electrons. The van der Waals surface area contributed by atoms with Gasteiger partial charge in [-0.2, -0.15) is 4.31 Å². The highest BCUT2D eigenvalue weighted by Gasteiger charge is 2.21. The van der Waals surface area contributed by atoms with E-state index in [-0.39, 0.29) is 0 Å². The minimum Gasteiger partial charge on any atom is -0.207 e. The summed E-state index contributed by atoms with van der Waals surface area (Å²) in [7, 11) is -3.40. The fourth-order valence-corrected chi connectivity index (χ4v) is 4.78. The van der Waals surface area contributed by atoms with Gasteiger partial charge in [0.2, 0.25) is 10.0 Å². The van der Waals surface area contributed by atoms with Crippen molar-refractivity contribution in [3.63, 3.8) is 0 Å². The van der Waals surface area contributed by atoms with Crippen LogP contribution in [0.25, 0.3) is 4.91 Å². The van der Waals surface area contributed by atoms with Crippen molar-refractivity contribution in [2.75, 3.05) is 13.1 Å². The SMILES string of the molecule is C/C=C(\Sc1ccccc1)c1ccc(S(=O)(=O)N(CC)CC)cc1. The zero-order chi connectivity index (χ0) is 17.6. The summed E-state index contributed by atoms with van der Waals surface area (Å²) in [6.07, 6.45) is 2.05. The average molecular weight is 362 g/mol. The van der Waals surface area contributed by atoms with Crippen LogP contribution in [0.15, 0.2) is 70.5 Å². The van der Waals surface area contributed by atoms with Crippen LogP contribution in [0.2, 0.25) is 0 Å². The molecule has 0 radical (unpaired) electrons. The van der Waals surface area contributed by atoms with Gasteiger partial charge >= 0.3 is 0 Å². The lowest BCUT2D eigenvalue weighted by atomic mass is 10.2. The van der Waals surface area contributed by atoms with E-state index in [1.165, 1.54) is 4.31 Å². The first kappa shape index (κ1) is 18.8. The summed E-state index contributed by atoms with van der Waals surface area (Å²) in [5.74, 6) is 0. The van der Waals surface area contributed by atoms with Crippen molar-refractivity contribution in [2.45, 2.75) is 30.6 Å². The third-order valence-electron chi connectivity index (χ3n) is 3.72. The second-order valence-corrected chi connectivity index (χ2v) is 8.24. The Balaban J connectivity index is 2.25. The lowest BCUT2D eigenvalue weighted by Gasteiger charge is -2.18. The maximum absolute atomic E-state index is 12.5. The molecule has 0 amide bonds. The molecule has 2 aromatic carbocycles. The molecule has 2 rings (SSSR count). The maximum Gasteiger partial charge on any atom is 0.243 e. The number of benzene rings is 2. The van der Waals surface area contributed by atoms with Gasteiger partial charge in [-0.15, -0.1) is 0 Å². The molecule has 0 bridgehead atoms. The Morgan fingerprint density at radius 1 is 1.00 bits per heavy atom. The number of hydrogen-bond donors (Lipinski definition) is 0. The molecule has 0 unspecified atom stereocenters. The van der Waals surface area contributed by atoms with E-state index in [0.717, 1.165) is 15.4 Å². The number of sulfonamides is 1. The van der Waals surface area contributed by atoms with E-state index in [2.05, 4.69) is 12.1 Å². The lowest BCUT2D eigenvalue weighted by molar-refractivity contribution is 0.445. The van der Waals surface area contributed by atoms with Gasteiger partial charge in [0.15, 0.2) is 0 Å². The van der Waals surface area contributed by atoms with Gasteiger partial charge in [0.1, 0.15) is 0 Å². The molecule has 5 heteroatoms. The molecule has 0 heterocycles. The normalized spacial score (nSPS) is 12.6. The fraction of sp³-hybridized carbons (Fsp3) is 0.263. The topological polar surface area (TPSA) is 37.4 Å². The summed E-state index contributed by atoms with van der Waals surface area (Å²) in [4.78, 5) is 2.61. The van der Waals surface area contributed by atoms with Gasteiger partial charge < -0.3 is 0 Å². The molecule has 0 aromatic heterocycles. The van der Waals surface area contributed by atoms with Crippen molar-refractivity contribution in [1.82, 2.24) is 4.31 Å². The third kappa shape index (κ3) is 4.29. The van der Waals surface area contributed by atoms with Crippen LogP contribution < -0.4 is 0 Å². The van der Waals surface area contributed by atoms with Gasteiger partial charge in [0, 0.05) is 22.9 Å². The number of rotatable bonds is 7. The van der Waals surface area contributed by atoms with E-state index in [1.807, 2.05) is 57.2 Å². The van der Waals surface area contributed by atoms with Crippen LogP contribution in [-0.4, -0.2) is 25.8 Å². The van der Waals surface area contributed by atoms with Crippen molar-refractivity contribution in [3.05, 3.63) is 66.2 Å². The van der Waals surface area contributed by atoms with E-state index in [4.69, 9.17) is 0 Å². The predicted molar refractivity (Wildman–Crippen MR) is 102 cm³/mol. The molecule has 2 aromatic rings. The Labute approximate surface area is 149 Å². The van der Waals surface area contributed by atoms with E-state index in [0.29, 0.717) is 18.0 Å². The molecular formula is C19H23NO2S2. The molecule has 0 aliphatic rings. The van der Waals surface area contributed by atoms with Crippen LogP contribution >= 0.6 is 11.8 Å². The predicted octanol–water partition coefficient (Wildman–Crippen LogP) is 4.87. The molecular weight excluding hydrogens is 338 g/mol. The van der Waals surface area contributed by atoms with Crippen molar-refractivity contribution >= 4 is 26.7 Å². The van der Waals surface area contributed by atoms with Crippen LogP contribution in [0, 0.1) is 0 Å². The van der Waals surface area contributed by atoms with Gasteiger partial charge in [-0.05, 0) is 36.8 Å². The lowest BCUT2D eigenvalue weighted by Crippen LogP contribution is -2.30. The molecule has 0 spiro atoms. The zero-order valence-electron chi connectivity index (χ0n) is 14.3. The van der Waals surface area contributed by atoms with Gasteiger partial charge in [0.25, 0.3) is 0 Å². The zero-order valence-corrected chi connectivity index (χ0v) is 15.9. The van der Waals surface area contributed by atoms with E-state index >= 15 is 0 Å². The van der Waals surface area contributed by atoms with Gasteiger partial charge in [-0.1, -0.05) is 62.0 Å². The molecule has 3 nitrogen and oxygen atoms in total. The second kappa shape index (κ2) is 8.51. The first-order valence-corrected chi connectivity index (χ1v) is 10.3. The molecule has 0 N–H and O–H groups in total. The fourth-order valence-electron chi connectivity index (χ4n) is 2.40.